The van der Waals surface area contributed by atoms with E-state index in [-0.39, 0.29) is 23.5 Å². The van der Waals surface area contributed by atoms with Crippen LogP contribution < -0.4 is 4.73 Å². The Hall–Kier alpha value is -1.77. The summed E-state index contributed by atoms with van der Waals surface area (Å²) in [5.74, 6) is -1.14. The topological polar surface area (TPSA) is 111 Å². The van der Waals surface area contributed by atoms with Crippen molar-refractivity contribution in [1.29, 1.82) is 0 Å². The molecule has 2 fully saturated rings. The lowest BCUT2D eigenvalue weighted by Crippen LogP contribution is -2.45. The second-order valence-corrected chi connectivity index (χ2v) is 13.1. The molecule has 1 aromatic rings. The molecule has 0 radical (unpaired) electrons. The Bertz CT molecular complexity index is 1000. The summed E-state index contributed by atoms with van der Waals surface area (Å²) in [5, 5.41) is 36.5. The van der Waals surface area contributed by atoms with Gasteiger partial charge in [0, 0.05) is 18.9 Å². The van der Waals surface area contributed by atoms with E-state index >= 15 is 0 Å². The van der Waals surface area contributed by atoms with Gasteiger partial charge in [0.15, 0.2) is 0 Å². The molecular formula is C28H43NO6S. The number of esters is 1. The van der Waals surface area contributed by atoms with Gasteiger partial charge in [-0.1, -0.05) is 52.4 Å². The highest BCUT2D eigenvalue weighted by Gasteiger charge is 2.50. The number of carbonyl (C=O) groups is 2. The molecule has 0 spiro atoms. The number of fused-ring (bicyclic) bond motifs is 1. The predicted octanol–water partition coefficient (Wildman–Crippen LogP) is 4.58. The number of aliphatic hydroxyl groups is 2. The third-order valence-corrected chi connectivity index (χ3v) is 9.68. The fourth-order valence-electron chi connectivity index (χ4n) is 5.62. The summed E-state index contributed by atoms with van der Waals surface area (Å²) in [6.07, 6.45) is 3.38. The number of nitrogens with zero attached hydrogens (tertiary/aromatic N) is 1. The van der Waals surface area contributed by atoms with Gasteiger partial charge in [0.2, 0.25) is 10.7 Å². The highest BCUT2D eigenvalue weighted by molar-refractivity contribution is 7.09. The van der Waals surface area contributed by atoms with Gasteiger partial charge in [0.25, 0.3) is 0 Å². The van der Waals surface area contributed by atoms with Crippen molar-refractivity contribution < 1.29 is 29.3 Å². The first-order valence-corrected chi connectivity index (χ1v) is 14.0. The van der Waals surface area contributed by atoms with Crippen LogP contribution in [0.15, 0.2) is 11.0 Å². The van der Waals surface area contributed by atoms with Gasteiger partial charge >= 0.3 is 5.97 Å². The van der Waals surface area contributed by atoms with E-state index in [9.17, 15) is 25.0 Å². The SMILES string of the molecule is CC(=Cc1csc(C)[n+]1[O-])[C@H]1C[C@@H]2C[C@@]2(C)CCC[C@@H](C)[C@@H](O)[C@H](C)C(=O)C(C)(C)[C@H](O)CC(=O)O1. The lowest BCUT2D eigenvalue weighted by Gasteiger charge is -2.34. The molecule has 202 valence electrons. The van der Waals surface area contributed by atoms with Gasteiger partial charge in [-0.15, -0.1) is 0 Å². The van der Waals surface area contributed by atoms with Crippen molar-refractivity contribution in [2.75, 3.05) is 0 Å². The lowest BCUT2D eigenvalue weighted by molar-refractivity contribution is -0.608. The van der Waals surface area contributed by atoms with E-state index in [0.717, 1.165) is 36.0 Å². The van der Waals surface area contributed by atoms with Crippen LogP contribution in [0.3, 0.4) is 0 Å². The first-order valence-electron chi connectivity index (χ1n) is 13.1. The van der Waals surface area contributed by atoms with Crippen LogP contribution in [-0.2, 0) is 14.3 Å². The Kier molecular flexibility index (Phi) is 8.73. The van der Waals surface area contributed by atoms with Crippen molar-refractivity contribution in [3.63, 3.8) is 0 Å². The molecule has 2 heterocycles. The number of rotatable bonds is 2. The molecule has 1 saturated heterocycles. The molecule has 1 aromatic heterocycles. The van der Waals surface area contributed by atoms with Gasteiger partial charge < -0.3 is 20.2 Å². The smallest absolute Gasteiger partial charge is 0.309 e. The number of aryl methyl sites for hydroxylation is 1. The average Bonchev–Trinajstić information content (AvgIpc) is 3.34. The highest BCUT2D eigenvalue weighted by atomic mass is 32.1. The molecule has 1 aliphatic carbocycles. The van der Waals surface area contributed by atoms with E-state index in [4.69, 9.17) is 4.74 Å². The number of ether oxygens (including phenoxy) is 1. The zero-order chi connectivity index (χ0) is 27.0. The quantitative estimate of drug-likeness (QED) is 0.335. The molecule has 36 heavy (non-hydrogen) atoms. The van der Waals surface area contributed by atoms with Crippen LogP contribution in [0.4, 0.5) is 0 Å². The first-order chi connectivity index (χ1) is 16.7. The number of hydrogen-bond acceptors (Lipinski definition) is 7. The minimum absolute atomic E-state index is 0.0404. The molecule has 0 bridgehead atoms. The zero-order valence-electron chi connectivity index (χ0n) is 22.7. The number of cyclic esters (lactones) is 1. The number of aromatic nitrogens is 1. The van der Waals surface area contributed by atoms with Crippen LogP contribution in [0.5, 0.6) is 0 Å². The third-order valence-electron chi connectivity index (χ3n) is 8.81. The fourth-order valence-corrected chi connectivity index (χ4v) is 6.28. The van der Waals surface area contributed by atoms with Crippen molar-refractivity contribution in [3.05, 3.63) is 26.9 Å². The number of thiazole rings is 1. The number of carbonyl (C=O) groups excluding carboxylic acids is 2. The van der Waals surface area contributed by atoms with Gasteiger partial charge in [0.1, 0.15) is 11.9 Å². The van der Waals surface area contributed by atoms with Crippen LogP contribution in [-0.4, -0.2) is 40.3 Å². The van der Waals surface area contributed by atoms with Gasteiger partial charge in [0.05, 0.1) is 29.4 Å². The van der Waals surface area contributed by atoms with Crippen LogP contribution in [0.2, 0.25) is 0 Å². The molecule has 1 aliphatic heterocycles. The molecule has 3 rings (SSSR count). The number of hydrogen-bond donors (Lipinski definition) is 2. The minimum atomic E-state index is -1.24. The molecule has 1 saturated carbocycles. The van der Waals surface area contributed by atoms with Gasteiger partial charge in [-0.05, 0) is 55.4 Å². The lowest BCUT2D eigenvalue weighted by atomic mass is 9.73. The van der Waals surface area contributed by atoms with Crippen LogP contribution in [0.25, 0.3) is 6.08 Å². The summed E-state index contributed by atoms with van der Waals surface area (Å²) < 4.78 is 6.78. The van der Waals surface area contributed by atoms with Crippen molar-refractivity contribution in [2.45, 2.75) is 105 Å². The first kappa shape index (κ1) is 28.8. The Morgan fingerprint density at radius 2 is 1.92 bits per heavy atom. The maximum atomic E-state index is 13.2. The molecular weight excluding hydrogens is 478 g/mol. The normalized spacial score (nSPS) is 36.8. The van der Waals surface area contributed by atoms with Gasteiger partial charge in [-0.2, -0.15) is 4.73 Å². The monoisotopic (exact) mass is 521 g/mol. The summed E-state index contributed by atoms with van der Waals surface area (Å²) >= 11 is 1.37. The predicted molar refractivity (Wildman–Crippen MR) is 140 cm³/mol. The van der Waals surface area contributed by atoms with Crippen LogP contribution in [0.1, 0.15) is 90.8 Å². The van der Waals surface area contributed by atoms with E-state index in [1.54, 1.807) is 39.2 Å². The number of ketones is 1. The van der Waals surface area contributed by atoms with E-state index in [1.165, 1.54) is 11.3 Å². The van der Waals surface area contributed by atoms with E-state index in [0.29, 0.717) is 23.0 Å². The van der Waals surface area contributed by atoms with E-state index in [1.807, 2.05) is 13.8 Å². The van der Waals surface area contributed by atoms with Crippen molar-refractivity contribution in [3.8, 4) is 0 Å². The Morgan fingerprint density at radius 1 is 1.25 bits per heavy atom. The average molecular weight is 522 g/mol. The highest BCUT2D eigenvalue weighted by Crippen LogP contribution is 2.58. The van der Waals surface area contributed by atoms with Crippen LogP contribution >= 0.6 is 11.3 Å². The van der Waals surface area contributed by atoms with Gasteiger partial charge in [-0.3, -0.25) is 9.59 Å². The maximum Gasteiger partial charge on any atom is 0.309 e. The Labute approximate surface area is 219 Å². The molecule has 0 aromatic carbocycles. The molecule has 0 unspecified atom stereocenters. The summed E-state index contributed by atoms with van der Waals surface area (Å²) in [6.45, 7) is 12.8. The van der Waals surface area contributed by atoms with E-state index < -0.39 is 35.6 Å². The molecule has 7 nitrogen and oxygen atoms in total. The molecule has 0 amide bonds. The largest absolute Gasteiger partial charge is 0.617 e. The summed E-state index contributed by atoms with van der Waals surface area (Å²) in [5.41, 5.74) is 0.238. The zero-order valence-corrected chi connectivity index (χ0v) is 23.6. The second-order valence-electron chi connectivity index (χ2n) is 12.1. The minimum Gasteiger partial charge on any atom is -0.617 e. The summed E-state index contributed by atoms with van der Waals surface area (Å²) in [7, 11) is 0. The molecule has 7 atom stereocenters. The second kappa shape index (κ2) is 10.9. The maximum absolute atomic E-state index is 13.2. The summed E-state index contributed by atoms with van der Waals surface area (Å²) in [4.78, 5) is 26.2. The van der Waals surface area contributed by atoms with Gasteiger partial charge in [-0.25, -0.2) is 0 Å². The standard InChI is InChI=1S/C28H43NO6S/c1-16-9-8-10-28(7)14-20(28)12-22(17(2)11-21-15-36-19(4)29(21)34)35-24(31)13-23(30)27(5,6)26(33)18(3)25(16)32/h11,15-16,18,20,22-23,25,30,32H,8-10,12-14H2,1-7H3/t16-,18+,20-,22-,23-,25-,28-/m1/s1. The fraction of sp³-hybridized carbons (Fsp3) is 0.750. The van der Waals surface area contributed by atoms with Crippen LogP contribution in [0, 0.1) is 40.7 Å². The Balaban J connectivity index is 1.88. The Morgan fingerprint density at radius 3 is 2.53 bits per heavy atom. The van der Waals surface area contributed by atoms with Crippen molar-refractivity contribution >= 4 is 29.2 Å². The van der Waals surface area contributed by atoms with Crippen molar-refractivity contribution in [1.82, 2.24) is 0 Å². The molecule has 2 N–H and O–H groups in total. The number of Topliss-reactive ketones (excluding diaryl/α,β-unsaturated/α-hetero) is 1. The summed E-state index contributed by atoms with van der Waals surface area (Å²) in [6, 6.07) is 0. The number of aliphatic hydroxyl groups excluding tert-OH is 2. The third kappa shape index (κ3) is 6.20. The molecule has 8 heteroatoms. The van der Waals surface area contributed by atoms with E-state index in [2.05, 4.69) is 6.92 Å². The molecule has 2 aliphatic rings. The van der Waals surface area contributed by atoms with Crippen molar-refractivity contribution in [2.24, 2.45) is 28.6 Å².